The molecule has 3 aliphatic rings. The van der Waals surface area contributed by atoms with Crippen LogP contribution < -0.4 is 9.64 Å². The molecule has 2 aromatic rings. The summed E-state index contributed by atoms with van der Waals surface area (Å²) in [6.07, 6.45) is 9.16. The second kappa shape index (κ2) is 11.7. The van der Waals surface area contributed by atoms with Crippen molar-refractivity contribution in [1.82, 2.24) is 4.90 Å². The standard InChI is InChI=1S/C32H43N3O2/c1-23-20-35(32-19-29(36-4)18-27-10-8-9-13-31(27)32)17-15-30(23)24(2)33-25(3)37-22-26-14-16-34(21-26)28-11-6-5-7-12-28/h8-10,13,18-19,26,28H,3,5-7,11-12,14-17,20-22H2,1-2,4H3. The van der Waals surface area contributed by atoms with Gasteiger partial charge in [-0.1, -0.05) is 43.5 Å². The Morgan fingerprint density at radius 2 is 1.89 bits per heavy atom. The first kappa shape index (κ1) is 25.8. The number of anilines is 1. The molecule has 0 amide bonds. The molecule has 2 heterocycles. The second-order valence-corrected chi connectivity index (χ2v) is 11.1. The summed E-state index contributed by atoms with van der Waals surface area (Å²) in [5.74, 6) is 2.04. The zero-order valence-electron chi connectivity index (χ0n) is 23.0. The summed E-state index contributed by atoms with van der Waals surface area (Å²) >= 11 is 0. The van der Waals surface area contributed by atoms with Crippen LogP contribution in [0, 0.1) is 5.92 Å². The van der Waals surface area contributed by atoms with Crippen molar-refractivity contribution in [3.63, 3.8) is 0 Å². The minimum absolute atomic E-state index is 0.551. The molecule has 5 rings (SSSR count). The number of rotatable bonds is 8. The normalized spacial score (nSPS) is 22.1. The van der Waals surface area contributed by atoms with Crippen molar-refractivity contribution in [3.8, 4) is 5.75 Å². The maximum atomic E-state index is 6.07. The van der Waals surface area contributed by atoms with Gasteiger partial charge >= 0.3 is 0 Å². The highest BCUT2D eigenvalue weighted by Gasteiger charge is 2.29. The summed E-state index contributed by atoms with van der Waals surface area (Å²) in [5.41, 5.74) is 4.95. The second-order valence-electron chi connectivity index (χ2n) is 11.1. The number of benzene rings is 2. The fraction of sp³-hybridized carbons (Fsp3) is 0.531. The smallest absolute Gasteiger partial charge is 0.205 e. The lowest BCUT2D eigenvalue weighted by molar-refractivity contribution is 0.146. The average molecular weight is 502 g/mol. The van der Waals surface area contributed by atoms with Crippen LogP contribution in [0.4, 0.5) is 5.69 Å². The van der Waals surface area contributed by atoms with Gasteiger partial charge in [0.25, 0.3) is 0 Å². The summed E-state index contributed by atoms with van der Waals surface area (Å²) in [6.45, 7) is 13.4. The van der Waals surface area contributed by atoms with E-state index in [1.807, 2.05) is 0 Å². The highest BCUT2D eigenvalue weighted by atomic mass is 16.5. The molecular formula is C32H43N3O2. The first-order valence-corrected chi connectivity index (χ1v) is 14.1. The number of ether oxygens (including phenoxy) is 2. The Bertz CT molecular complexity index is 1180. The van der Waals surface area contributed by atoms with Gasteiger partial charge in [0, 0.05) is 54.4 Å². The molecule has 5 heteroatoms. The lowest BCUT2D eigenvalue weighted by atomic mass is 9.94. The molecule has 0 radical (unpaired) electrons. The third-order valence-electron chi connectivity index (χ3n) is 8.59. The number of nitrogens with zero attached hydrogens (tertiary/aromatic N) is 3. The van der Waals surface area contributed by atoms with Crippen molar-refractivity contribution in [3.05, 3.63) is 60.0 Å². The summed E-state index contributed by atoms with van der Waals surface area (Å²) in [5, 5.41) is 2.47. The van der Waals surface area contributed by atoms with Gasteiger partial charge in [0.15, 0.2) is 0 Å². The Hall–Kier alpha value is -2.79. The van der Waals surface area contributed by atoms with Crippen LogP contribution in [0.5, 0.6) is 5.75 Å². The van der Waals surface area contributed by atoms with Crippen molar-refractivity contribution in [2.45, 2.75) is 64.8 Å². The van der Waals surface area contributed by atoms with Gasteiger partial charge in [-0.3, -0.25) is 4.90 Å². The van der Waals surface area contributed by atoms with Gasteiger partial charge in [-0.15, -0.1) is 0 Å². The molecule has 37 heavy (non-hydrogen) atoms. The molecule has 198 valence electrons. The molecule has 1 saturated carbocycles. The molecule has 0 spiro atoms. The van der Waals surface area contributed by atoms with Crippen molar-refractivity contribution in [1.29, 1.82) is 0 Å². The van der Waals surface area contributed by atoms with E-state index < -0.39 is 0 Å². The van der Waals surface area contributed by atoms with E-state index in [2.05, 4.69) is 66.6 Å². The van der Waals surface area contributed by atoms with Crippen LogP contribution in [0.3, 0.4) is 0 Å². The van der Waals surface area contributed by atoms with Crippen molar-refractivity contribution < 1.29 is 9.47 Å². The summed E-state index contributed by atoms with van der Waals surface area (Å²) in [7, 11) is 1.74. The number of aliphatic imine (C=N–C) groups is 1. The molecule has 1 atom stereocenters. The first-order chi connectivity index (χ1) is 18.0. The maximum Gasteiger partial charge on any atom is 0.205 e. The minimum Gasteiger partial charge on any atom is -0.497 e. The summed E-state index contributed by atoms with van der Waals surface area (Å²) in [6, 6.07) is 13.6. The average Bonchev–Trinajstić information content (AvgIpc) is 3.41. The molecule has 0 aromatic heterocycles. The molecular weight excluding hydrogens is 458 g/mol. The van der Waals surface area contributed by atoms with Gasteiger partial charge in [-0.05, 0) is 75.3 Å². The third kappa shape index (κ3) is 6.04. The first-order valence-electron chi connectivity index (χ1n) is 14.1. The van der Waals surface area contributed by atoms with Gasteiger partial charge < -0.3 is 14.4 Å². The molecule has 0 N–H and O–H groups in total. The van der Waals surface area contributed by atoms with Crippen LogP contribution in [-0.4, -0.2) is 56.5 Å². The highest BCUT2D eigenvalue weighted by Crippen LogP contribution is 2.35. The fourth-order valence-electron chi connectivity index (χ4n) is 6.54. The van der Waals surface area contributed by atoms with E-state index in [-0.39, 0.29) is 0 Å². The zero-order valence-corrected chi connectivity index (χ0v) is 23.0. The molecule has 1 aliphatic carbocycles. The number of fused-ring (bicyclic) bond motifs is 1. The van der Waals surface area contributed by atoms with Gasteiger partial charge in [0.05, 0.1) is 13.7 Å². The van der Waals surface area contributed by atoms with E-state index in [0.717, 1.165) is 43.6 Å². The van der Waals surface area contributed by atoms with Gasteiger partial charge in [-0.25, -0.2) is 4.99 Å². The van der Waals surface area contributed by atoms with E-state index in [9.17, 15) is 0 Å². The van der Waals surface area contributed by atoms with Crippen LogP contribution in [0.2, 0.25) is 0 Å². The molecule has 1 unspecified atom stereocenters. The monoisotopic (exact) mass is 501 g/mol. The Labute approximate surface area is 222 Å². The molecule has 2 aliphatic heterocycles. The highest BCUT2D eigenvalue weighted by molar-refractivity contribution is 6.00. The Morgan fingerprint density at radius 3 is 2.68 bits per heavy atom. The zero-order chi connectivity index (χ0) is 25.8. The van der Waals surface area contributed by atoms with E-state index in [0.29, 0.717) is 11.8 Å². The van der Waals surface area contributed by atoms with Crippen molar-refractivity contribution >= 4 is 22.2 Å². The maximum absolute atomic E-state index is 6.07. The topological polar surface area (TPSA) is 37.3 Å². The summed E-state index contributed by atoms with van der Waals surface area (Å²) < 4.78 is 11.7. The summed E-state index contributed by atoms with van der Waals surface area (Å²) in [4.78, 5) is 9.95. The number of hydrogen-bond donors (Lipinski definition) is 0. The molecule has 1 saturated heterocycles. The minimum atomic E-state index is 0.551. The molecule has 2 aromatic carbocycles. The van der Waals surface area contributed by atoms with E-state index in [1.54, 1.807) is 7.11 Å². The largest absolute Gasteiger partial charge is 0.497 e. The Balaban J connectivity index is 1.19. The molecule has 0 bridgehead atoms. The number of hydrogen-bond acceptors (Lipinski definition) is 5. The van der Waals surface area contributed by atoms with Gasteiger partial charge in [0.1, 0.15) is 5.75 Å². The predicted molar refractivity (Wildman–Crippen MR) is 155 cm³/mol. The SMILES string of the molecule is C=C(N=C(C)C1=C(C)CN(c2cc(OC)cc3ccccc23)CC1)OCC1CCN(C2CCCCC2)C1. The lowest BCUT2D eigenvalue weighted by Gasteiger charge is -2.32. The lowest BCUT2D eigenvalue weighted by Crippen LogP contribution is -2.35. The van der Waals surface area contributed by atoms with Crippen molar-refractivity contribution in [2.75, 3.05) is 44.8 Å². The van der Waals surface area contributed by atoms with Gasteiger partial charge in [-0.2, -0.15) is 0 Å². The quantitative estimate of drug-likeness (QED) is 0.289. The fourth-order valence-corrected chi connectivity index (χ4v) is 6.54. The van der Waals surface area contributed by atoms with Crippen LogP contribution >= 0.6 is 0 Å². The number of methoxy groups -OCH3 is 1. The van der Waals surface area contributed by atoms with Crippen LogP contribution in [0.1, 0.15) is 58.8 Å². The molecule has 2 fully saturated rings. The Morgan fingerprint density at radius 1 is 1.08 bits per heavy atom. The van der Waals surface area contributed by atoms with E-state index in [4.69, 9.17) is 14.5 Å². The van der Waals surface area contributed by atoms with E-state index >= 15 is 0 Å². The predicted octanol–water partition coefficient (Wildman–Crippen LogP) is 6.98. The third-order valence-corrected chi connectivity index (χ3v) is 8.59. The van der Waals surface area contributed by atoms with Crippen LogP contribution in [0.25, 0.3) is 10.8 Å². The molecule has 5 nitrogen and oxygen atoms in total. The van der Waals surface area contributed by atoms with Crippen LogP contribution in [-0.2, 0) is 4.74 Å². The van der Waals surface area contributed by atoms with Crippen molar-refractivity contribution in [2.24, 2.45) is 10.9 Å². The van der Waals surface area contributed by atoms with E-state index in [1.165, 1.54) is 79.2 Å². The van der Waals surface area contributed by atoms with Gasteiger partial charge in [0.2, 0.25) is 5.88 Å². The Kier molecular flexibility index (Phi) is 8.19. The van der Waals surface area contributed by atoms with Crippen LogP contribution in [0.15, 0.2) is 65.0 Å². The number of likely N-dealkylation sites (tertiary alicyclic amines) is 1.